The molecule has 1 amide bonds. The van der Waals surface area contributed by atoms with E-state index in [-0.39, 0.29) is 17.7 Å². The zero-order valence-corrected chi connectivity index (χ0v) is 22.0. The van der Waals surface area contributed by atoms with Crippen LogP contribution in [0.2, 0.25) is 0 Å². The molecule has 2 atom stereocenters. The molecule has 3 fully saturated rings. The summed E-state index contributed by atoms with van der Waals surface area (Å²) in [7, 11) is 1.96. The van der Waals surface area contributed by atoms with Gasteiger partial charge in [0.2, 0.25) is 0 Å². The van der Waals surface area contributed by atoms with E-state index < -0.39 is 0 Å². The molecule has 0 aromatic heterocycles. The second kappa shape index (κ2) is 10.2. The monoisotopic (exact) mass is 486 g/mol. The summed E-state index contributed by atoms with van der Waals surface area (Å²) in [5, 5.41) is 6.65. The second-order valence-corrected chi connectivity index (χ2v) is 10.8. The van der Waals surface area contributed by atoms with Crippen molar-refractivity contribution in [2.75, 3.05) is 20.3 Å². The maximum Gasteiger partial charge on any atom is 0.251 e. The number of amides is 1. The Morgan fingerprint density at radius 3 is 2.53 bits per heavy atom. The van der Waals surface area contributed by atoms with E-state index in [9.17, 15) is 9.59 Å². The fourth-order valence-corrected chi connectivity index (χ4v) is 5.80. The van der Waals surface area contributed by atoms with Crippen LogP contribution in [0, 0.1) is 11.8 Å². The summed E-state index contributed by atoms with van der Waals surface area (Å²) in [6.45, 7) is 7.89. The molecule has 36 heavy (non-hydrogen) atoms. The third-order valence-corrected chi connectivity index (χ3v) is 8.30. The van der Waals surface area contributed by atoms with Crippen molar-refractivity contribution in [1.29, 1.82) is 0 Å². The van der Waals surface area contributed by atoms with E-state index in [0.717, 1.165) is 61.3 Å². The van der Waals surface area contributed by atoms with Crippen LogP contribution in [0.5, 0.6) is 0 Å². The van der Waals surface area contributed by atoms with E-state index in [4.69, 9.17) is 4.74 Å². The number of carbonyl (C=O) groups is 2. The molecule has 1 saturated heterocycles. The van der Waals surface area contributed by atoms with E-state index in [0.29, 0.717) is 30.3 Å². The van der Waals surface area contributed by atoms with Gasteiger partial charge in [-0.3, -0.25) is 9.59 Å². The van der Waals surface area contributed by atoms with Crippen LogP contribution >= 0.6 is 0 Å². The topological polar surface area (TPSA) is 67.4 Å². The maximum atomic E-state index is 13.6. The summed E-state index contributed by atoms with van der Waals surface area (Å²) in [6.07, 6.45) is 9.07. The minimum atomic E-state index is -0.0140. The Bertz CT molecular complexity index is 1200. The van der Waals surface area contributed by atoms with Crippen molar-refractivity contribution in [3.63, 3.8) is 0 Å². The molecule has 1 aromatic rings. The normalized spacial score (nSPS) is 25.3. The number of benzene rings is 1. The van der Waals surface area contributed by atoms with Gasteiger partial charge in [-0.15, -0.1) is 0 Å². The molecule has 0 radical (unpaired) electrons. The van der Waals surface area contributed by atoms with Crippen LogP contribution in [-0.2, 0) is 33.6 Å². The maximum absolute atomic E-state index is 13.6. The minimum Gasteiger partial charge on any atom is -0.388 e. The molecule has 4 aliphatic rings. The number of ether oxygens (including phenoxy) is 1. The first kappa shape index (κ1) is 24.8. The van der Waals surface area contributed by atoms with Gasteiger partial charge in [0, 0.05) is 49.0 Å². The Labute approximate surface area is 214 Å². The van der Waals surface area contributed by atoms with Crippen LogP contribution in [0.25, 0.3) is 0 Å². The molecule has 5 heteroatoms. The lowest BCUT2D eigenvalue weighted by Crippen LogP contribution is -2.31. The van der Waals surface area contributed by atoms with Gasteiger partial charge in [-0.25, -0.2) is 0 Å². The van der Waals surface area contributed by atoms with Crippen LogP contribution in [0.3, 0.4) is 0 Å². The number of carbonyl (C=O) groups excluding carboxylic acids is 2. The number of fused-ring (bicyclic) bond motifs is 2. The van der Waals surface area contributed by atoms with E-state index in [1.54, 1.807) is 0 Å². The molecule has 2 N–H and O–H groups in total. The first-order valence-electron chi connectivity index (χ1n) is 13.4. The predicted octanol–water partition coefficient (Wildman–Crippen LogP) is 4.52. The van der Waals surface area contributed by atoms with Crippen molar-refractivity contribution in [2.24, 2.45) is 11.8 Å². The van der Waals surface area contributed by atoms with Crippen molar-refractivity contribution in [1.82, 2.24) is 10.6 Å². The molecule has 0 bridgehead atoms. The Morgan fingerprint density at radius 2 is 1.86 bits per heavy atom. The molecule has 5 rings (SSSR count). The lowest BCUT2D eigenvalue weighted by atomic mass is 9.92. The van der Waals surface area contributed by atoms with Crippen LogP contribution in [0.4, 0.5) is 0 Å². The van der Waals surface area contributed by atoms with Crippen molar-refractivity contribution >= 4 is 11.7 Å². The Kier molecular flexibility index (Phi) is 7.03. The Hall–Kier alpha value is -2.92. The van der Waals surface area contributed by atoms with Gasteiger partial charge in [0.05, 0.1) is 13.2 Å². The predicted molar refractivity (Wildman–Crippen MR) is 142 cm³/mol. The molecule has 3 aliphatic carbocycles. The molecular formula is C31H38N2O3. The lowest BCUT2D eigenvalue weighted by Gasteiger charge is -2.15. The zero-order chi connectivity index (χ0) is 25.4. The van der Waals surface area contributed by atoms with Gasteiger partial charge < -0.3 is 15.4 Å². The fourth-order valence-electron chi connectivity index (χ4n) is 5.80. The number of rotatable bonds is 9. The Morgan fingerprint density at radius 1 is 1.11 bits per heavy atom. The van der Waals surface area contributed by atoms with Crippen LogP contribution < -0.4 is 10.6 Å². The fraction of sp³-hybridized carbons (Fsp3) is 0.484. The highest BCUT2D eigenvalue weighted by Gasteiger charge is 2.54. The van der Waals surface area contributed by atoms with Crippen molar-refractivity contribution in [3.05, 3.63) is 80.6 Å². The third kappa shape index (κ3) is 5.12. The number of Topliss-reactive ketones (excluding diaryl/α,β-unsaturated/α-hetero) is 1. The number of nitrogens with one attached hydrogen (secondary N) is 2. The van der Waals surface area contributed by atoms with Gasteiger partial charge in [0.15, 0.2) is 0 Å². The van der Waals surface area contributed by atoms with Gasteiger partial charge in [0.25, 0.3) is 5.91 Å². The first-order chi connectivity index (χ1) is 17.4. The number of likely N-dealkylation sites (N-methyl/N-ethyl adjacent to an activating group) is 1. The van der Waals surface area contributed by atoms with Crippen LogP contribution in [-0.4, -0.2) is 38.0 Å². The van der Waals surface area contributed by atoms with Crippen LogP contribution in [0.15, 0.2) is 63.9 Å². The lowest BCUT2D eigenvalue weighted by molar-refractivity contribution is -0.118. The molecule has 2 unspecified atom stereocenters. The minimum absolute atomic E-state index is 0.0140. The van der Waals surface area contributed by atoms with Crippen molar-refractivity contribution < 1.29 is 14.3 Å². The van der Waals surface area contributed by atoms with E-state index in [1.807, 2.05) is 13.1 Å². The molecule has 1 aliphatic heterocycles. The average molecular weight is 487 g/mol. The summed E-state index contributed by atoms with van der Waals surface area (Å²) in [5.41, 5.74) is 10.3. The SMILES string of the molecule is CC/C(C)=C(/C=C(\C=C(/C)C(NC)=C1CC1)C(=O)NC1C2COCC21)Cc1cccc2c1CC(=O)C2. The third-order valence-electron chi connectivity index (χ3n) is 8.30. The average Bonchev–Trinajstić information content (AvgIpc) is 3.70. The van der Waals surface area contributed by atoms with Crippen molar-refractivity contribution in [2.45, 2.75) is 65.3 Å². The van der Waals surface area contributed by atoms with E-state index in [1.165, 1.54) is 22.3 Å². The highest BCUT2D eigenvalue weighted by molar-refractivity contribution is 5.97. The smallest absolute Gasteiger partial charge is 0.251 e. The van der Waals surface area contributed by atoms with Crippen LogP contribution in [0.1, 0.15) is 56.7 Å². The summed E-state index contributed by atoms with van der Waals surface area (Å²) in [5.74, 6) is 1.19. The molecule has 190 valence electrons. The van der Waals surface area contributed by atoms with E-state index >= 15 is 0 Å². The first-order valence-corrected chi connectivity index (χ1v) is 13.4. The summed E-state index contributed by atoms with van der Waals surface area (Å²) in [4.78, 5) is 25.8. The molecule has 5 nitrogen and oxygen atoms in total. The highest BCUT2D eigenvalue weighted by Crippen LogP contribution is 2.44. The molecule has 1 heterocycles. The number of ketones is 1. The summed E-state index contributed by atoms with van der Waals surface area (Å²) < 4.78 is 5.52. The molecule has 0 spiro atoms. The molecular weight excluding hydrogens is 448 g/mol. The van der Waals surface area contributed by atoms with E-state index in [2.05, 4.69) is 55.7 Å². The number of allylic oxidation sites excluding steroid dienone is 5. The van der Waals surface area contributed by atoms with Gasteiger partial charge in [-0.2, -0.15) is 0 Å². The molecule has 2 saturated carbocycles. The number of hydrogen-bond acceptors (Lipinski definition) is 4. The van der Waals surface area contributed by atoms with Gasteiger partial charge in [-0.1, -0.05) is 30.7 Å². The van der Waals surface area contributed by atoms with Gasteiger partial charge in [-0.05, 0) is 85.1 Å². The van der Waals surface area contributed by atoms with Gasteiger partial charge >= 0.3 is 0 Å². The largest absolute Gasteiger partial charge is 0.388 e. The Balaban J connectivity index is 1.48. The van der Waals surface area contributed by atoms with Gasteiger partial charge in [0.1, 0.15) is 5.78 Å². The zero-order valence-electron chi connectivity index (χ0n) is 22.0. The summed E-state index contributed by atoms with van der Waals surface area (Å²) >= 11 is 0. The van der Waals surface area contributed by atoms with Crippen molar-refractivity contribution in [3.8, 4) is 0 Å². The quantitative estimate of drug-likeness (QED) is 0.398. The highest BCUT2D eigenvalue weighted by atomic mass is 16.5. The second-order valence-electron chi connectivity index (χ2n) is 10.8. The summed E-state index contributed by atoms with van der Waals surface area (Å²) in [6, 6.07) is 6.48. The molecule has 1 aromatic carbocycles. The standard InChI is InChI=1S/C31H38N2O3/c1-5-18(2)23(12-21-7-6-8-22-14-25(34)15-26(21)22)13-24(11-19(3)29(32-4)20-9-10-20)31(35)33-30-27-16-36-17-28(27)30/h6-8,11,13,27-28,30,32H,5,9-10,12,14-17H2,1-4H3,(H,33,35)/b19-11+,23-18+,24-13+. The number of hydrogen-bond donors (Lipinski definition) is 2.